The molecular weight excluding hydrogens is 196 g/mol. The molecule has 1 fully saturated rings. The van der Waals surface area contributed by atoms with Crippen LogP contribution in [0.15, 0.2) is 11.6 Å². The van der Waals surface area contributed by atoms with E-state index in [4.69, 9.17) is 4.74 Å². The predicted octanol–water partition coefficient (Wildman–Crippen LogP) is 2.01. The zero-order valence-corrected chi connectivity index (χ0v) is 9.30. The Balaban J connectivity index is 1.79. The molecule has 0 spiro atoms. The second-order valence-corrected chi connectivity index (χ2v) is 4.60. The van der Waals surface area contributed by atoms with Gasteiger partial charge in [-0.1, -0.05) is 17.8 Å². The minimum atomic E-state index is 0.577. The highest BCUT2D eigenvalue weighted by atomic mass is 32.1. The van der Waals surface area contributed by atoms with Crippen LogP contribution in [-0.2, 0) is 0 Å². The molecule has 1 saturated heterocycles. The van der Waals surface area contributed by atoms with Crippen LogP contribution in [0.25, 0.3) is 0 Å². The quantitative estimate of drug-likeness (QED) is 0.766. The number of hydrogen-bond acceptors (Lipinski definition) is 4. The van der Waals surface area contributed by atoms with E-state index in [1.807, 2.05) is 5.38 Å². The first-order valence-electron chi connectivity index (χ1n) is 5.09. The first kappa shape index (κ1) is 9.93. The Morgan fingerprint density at radius 2 is 2.57 bits per heavy atom. The van der Waals surface area contributed by atoms with E-state index in [2.05, 4.69) is 16.9 Å². The average molecular weight is 212 g/mol. The normalized spacial score (nSPS) is 23.6. The maximum absolute atomic E-state index is 5.62. The number of hydrogen-bond donors (Lipinski definition) is 0. The second-order valence-electron chi connectivity index (χ2n) is 3.74. The van der Waals surface area contributed by atoms with Crippen molar-refractivity contribution in [3.05, 3.63) is 11.6 Å². The van der Waals surface area contributed by atoms with Crippen LogP contribution < -0.4 is 4.74 Å². The van der Waals surface area contributed by atoms with Crippen molar-refractivity contribution in [2.24, 2.45) is 0 Å². The first-order chi connectivity index (χ1) is 6.86. The lowest BCUT2D eigenvalue weighted by molar-refractivity contribution is 0.125. The zero-order chi connectivity index (χ0) is 9.80. The molecule has 0 saturated carbocycles. The Morgan fingerprint density at radius 3 is 3.29 bits per heavy atom. The molecule has 0 aromatic carbocycles. The molecule has 1 aliphatic rings. The van der Waals surface area contributed by atoms with Crippen LogP contribution in [0, 0.1) is 0 Å². The highest BCUT2D eigenvalue weighted by molar-refractivity contribution is 7.11. The second kappa shape index (κ2) is 4.75. The molecule has 0 bridgehead atoms. The Labute approximate surface area is 88.7 Å². The minimum absolute atomic E-state index is 0.577. The molecule has 78 valence electrons. The standard InChI is InChI=1S/C10H16N2OS/c1-12-6-3-2-4-9(12)8-13-10-11-5-7-14-10/h5,7,9H,2-4,6,8H2,1H3. The van der Waals surface area contributed by atoms with Crippen molar-refractivity contribution in [3.63, 3.8) is 0 Å². The Morgan fingerprint density at radius 1 is 1.64 bits per heavy atom. The molecule has 3 nitrogen and oxygen atoms in total. The summed E-state index contributed by atoms with van der Waals surface area (Å²) in [6.45, 7) is 1.98. The Hall–Kier alpha value is -0.610. The Kier molecular flexibility index (Phi) is 3.37. The van der Waals surface area contributed by atoms with Gasteiger partial charge in [0.2, 0.25) is 0 Å². The number of thiazole rings is 1. The summed E-state index contributed by atoms with van der Waals surface area (Å²) in [5.74, 6) is 0. The summed E-state index contributed by atoms with van der Waals surface area (Å²) in [5.41, 5.74) is 0. The van der Waals surface area contributed by atoms with E-state index < -0.39 is 0 Å². The third-order valence-electron chi connectivity index (χ3n) is 2.73. The fraction of sp³-hybridized carbons (Fsp3) is 0.700. The third-order valence-corrected chi connectivity index (χ3v) is 3.41. The van der Waals surface area contributed by atoms with Crippen LogP contribution in [0.1, 0.15) is 19.3 Å². The molecule has 14 heavy (non-hydrogen) atoms. The van der Waals surface area contributed by atoms with Gasteiger partial charge in [0.05, 0.1) is 0 Å². The van der Waals surface area contributed by atoms with Gasteiger partial charge < -0.3 is 9.64 Å². The third kappa shape index (κ3) is 2.45. The van der Waals surface area contributed by atoms with Gasteiger partial charge in [-0.3, -0.25) is 0 Å². The number of likely N-dealkylation sites (N-methyl/N-ethyl adjacent to an activating group) is 1. The van der Waals surface area contributed by atoms with Crippen LogP contribution in [0.5, 0.6) is 5.19 Å². The fourth-order valence-corrected chi connectivity index (χ4v) is 2.30. The predicted molar refractivity (Wildman–Crippen MR) is 57.9 cm³/mol. The van der Waals surface area contributed by atoms with Crippen molar-refractivity contribution >= 4 is 11.3 Å². The molecule has 0 radical (unpaired) electrons. The van der Waals surface area contributed by atoms with Gasteiger partial charge >= 0.3 is 0 Å². The monoisotopic (exact) mass is 212 g/mol. The van der Waals surface area contributed by atoms with E-state index in [9.17, 15) is 0 Å². The number of ether oxygens (including phenoxy) is 1. The van der Waals surface area contributed by atoms with Crippen LogP contribution >= 0.6 is 11.3 Å². The first-order valence-corrected chi connectivity index (χ1v) is 5.97. The van der Waals surface area contributed by atoms with Gasteiger partial charge in [0, 0.05) is 17.6 Å². The van der Waals surface area contributed by atoms with Crippen LogP contribution in [0.3, 0.4) is 0 Å². The highest BCUT2D eigenvalue weighted by Crippen LogP contribution is 2.18. The van der Waals surface area contributed by atoms with Crippen molar-refractivity contribution in [1.82, 2.24) is 9.88 Å². The summed E-state index contributed by atoms with van der Waals surface area (Å²) in [5, 5.41) is 2.74. The number of nitrogens with zero attached hydrogens (tertiary/aromatic N) is 2. The zero-order valence-electron chi connectivity index (χ0n) is 8.48. The lowest BCUT2D eigenvalue weighted by Crippen LogP contribution is -2.40. The molecule has 1 aliphatic heterocycles. The smallest absolute Gasteiger partial charge is 0.273 e. The highest BCUT2D eigenvalue weighted by Gasteiger charge is 2.19. The van der Waals surface area contributed by atoms with Gasteiger partial charge in [-0.25, -0.2) is 4.98 Å². The number of piperidine rings is 1. The molecule has 4 heteroatoms. The van der Waals surface area contributed by atoms with Crippen molar-refractivity contribution < 1.29 is 4.74 Å². The molecule has 2 rings (SSSR count). The van der Waals surface area contributed by atoms with Crippen LogP contribution in [0.4, 0.5) is 0 Å². The van der Waals surface area contributed by atoms with Gasteiger partial charge in [0.25, 0.3) is 5.19 Å². The SMILES string of the molecule is CN1CCCCC1COc1nccs1. The van der Waals surface area contributed by atoms with E-state index >= 15 is 0 Å². The number of aromatic nitrogens is 1. The van der Waals surface area contributed by atoms with Crippen LogP contribution in [0.2, 0.25) is 0 Å². The van der Waals surface area contributed by atoms with Crippen LogP contribution in [-0.4, -0.2) is 36.1 Å². The summed E-state index contributed by atoms with van der Waals surface area (Å²) in [7, 11) is 2.18. The molecule has 2 heterocycles. The summed E-state index contributed by atoms with van der Waals surface area (Å²) in [4.78, 5) is 6.49. The van der Waals surface area contributed by atoms with Crippen molar-refractivity contribution in [2.75, 3.05) is 20.2 Å². The summed E-state index contributed by atoms with van der Waals surface area (Å²) >= 11 is 1.56. The summed E-state index contributed by atoms with van der Waals surface area (Å²) in [6.07, 6.45) is 5.69. The van der Waals surface area contributed by atoms with Gasteiger partial charge in [-0.2, -0.15) is 0 Å². The molecule has 1 aromatic rings. The van der Waals surface area contributed by atoms with Gasteiger partial charge in [-0.05, 0) is 26.4 Å². The fourth-order valence-electron chi connectivity index (χ4n) is 1.80. The summed E-state index contributed by atoms with van der Waals surface area (Å²) < 4.78 is 5.62. The maximum atomic E-state index is 5.62. The average Bonchev–Trinajstić information content (AvgIpc) is 2.69. The van der Waals surface area contributed by atoms with E-state index in [-0.39, 0.29) is 0 Å². The molecule has 0 amide bonds. The number of rotatable bonds is 3. The van der Waals surface area contributed by atoms with Gasteiger partial charge in [-0.15, -0.1) is 0 Å². The lowest BCUT2D eigenvalue weighted by Gasteiger charge is -2.31. The molecule has 1 unspecified atom stereocenters. The topological polar surface area (TPSA) is 25.4 Å². The minimum Gasteiger partial charge on any atom is -0.468 e. The van der Waals surface area contributed by atoms with Crippen molar-refractivity contribution in [1.29, 1.82) is 0 Å². The Bertz CT molecular complexity index is 263. The molecule has 1 aromatic heterocycles. The largest absolute Gasteiger partial charge is 0.468 e. The maximum Gasteiger partial charge on any atom is 0.273 e. The molecule has 0 aliphatic carbocycles. The molecule has 0 N–H and O–H groups in total. The van der Waals surface area contributed by atoms with E-state index in [1.165, 1.54) is 25.8 Å². The molecular formula is C10H16N2OS. The summed E-state index contributed by atoms with van der Waals surface area (Å²) in [6, 6.07) is 0.577. The van der Waals surface area contributed by atoms with E-state index in [1.54, 1.807) is 17.5 Å². The van der Waals surface area contributed by atoms with Gasteiger partial charge in [0.15, 0.2) is 0 Å². The molecule has 1 atom stereocenters. The lowest BCUT2D eigenvalue weighted by atomic mass is 10.0. The van der Waals surface area contributed by atoms with E-state index in [0.29, 0.717) is 6.04 Å². The van der Waals surface area contributed by atoms with Crippen molar-refractivity contribution in [3.8, 4) is 5.19 Å². The van der Waals surface area contributed by atoms with Gasteiger partial charge in [0.1, 0.15) is 6.61 Å². The number of likely N-dealkylation sites (tertiary alicyclic amines) is 1. The van der Waals surface area contributed by atoms with Crippen molar-refractivity contribution in [2.45, 2.75) is 25.3 Å². The van der Waals surface area contributed by atoms with E-state index in [0.717, 1.165) is 11.8 Å².